The minimum atomic E-state index is -2.36. The Balaban J connectivity index is 0.800. The van der Waals surface area contributed by atoms with Crippen molar-refractivity contribution in [2.75, 3.05) is 39.6 Å². The summed E-state index contributed by atoms with van der Waals surface area (Å²) in [7, 11) is 0. The molecule has 24 N–H and O–H groups in total. The molecule has 0 aromatic heterocycles. The summed E-state index contributed by atoms with van der Waals surface area (Å²) in [6.45, 7) is 16.8. The number of ether oxygens (including phenoxy) is 18. The summed E-state index contributed by atoms with van der Waals surface area (Å²) >= 11 is 0. The van der Waals surface area contributed by atoms with Crippen molar-refractivity contribution in [3.8, 4) is 0 Å². The molecule has 13 rings (SSSR count). The van der Waals surface area contributed by atoms with Crippen molar-refractivity contribution < 1.29 is 232 Å². The highest BCUT2D eigenvalue weighted by Gasteiger charge is 2.74. The first-order valence-electron chi connectivity index (χ1n) is 48.9. The fourth-order valence-electron chi connectivity index (χ4n) is 24.3. The van der Waals surface area contributed by atoms with Gasteiger partial charge in [0.25, 0.3) is 0 Å². The number of carbonyl (C=O) groups excluding carboxylic acids is 4. The molecular weight excluding hydrogens is 1870 g/mol. The van der Waals surface area contributed by atoms with E-state index in [9.17, 15) is 142 Å². The van der Waals surface area contributed by atoms with E-state index >= 15 is 4.79 Å². The molecular formula is C93H150O47. The third kappa shape index (κ3) is 21.8. The molecule has 47 nitrogen and oxygen atoms in total. The van der Waals surface area contributed by atoms with Crippen LogP contribution in [0.15, 0.2) is 11.6 Å². The van der Waals surface area contributed by atoms with Crippen molar-refractivity contribution in [3.05, 3.63) is 11.6 Å². The van der Waals surface area contributed by atoms with Gasteiger partial charge in [0.2, 0.25) is 6.29 Å². The molecule has 5 aliphatic carbocycles. The Hall–Kier alpha value is -4.23. The molecule has 47 heteroatoms. The number of aliphatic carboxylic acids is 1. The van der Waals surface area contributed by atoms with Crippen LogP contribution >= 0.6 is 0 Å². The van der Waals surface area contributed by atoms with Gasteiger partial charge in [0.1, 0.15) is 158 Å². The number of hydrogen-bond acceptors (Lipinski definition) is 46. The SMILES string of the molecule is CC[C@H](C)[C@H](C[C@H](O)CC(=O)O[C@@H]1C(C)O[C@@H](OC(=O)[C@]23CCC(C)(C)CC2C2=CCC4[C@@]5(C)CC[C@H](O[C@@H]6OC(C(=O)O)[C@H](O)[C@H](O[C@@H]7OC[C@@H](O)[C@H](O)C7O)C6O[C@@H]6OC(CO)[C@H](O)[C@H](O)C6O)[C@@](C)(C=O)C5CC[C@@]4(C)[C@]2(C)C[C@H]3O)[C@H](O[C@@H]2OC(C)[C@H](OC3OCC(O)[C@H](O[C@@H]4OCC(O)(CO)[C@@H]4O)[C@@H]3O)[C@H](O[C@@H]3OC(CO)[C@@H](O)[C@H](O)C3O)C2O)C1O)OC(=O)C[C@@H](O)C[C@H](O)[C@@H](C)CC. The summed E-state index contributed by atoms with van der Waals surface area (Å²) in [6, 6.07) is 0. The van der Waals surface area contributed by atoms with Gasteiger partial charge in [0.05, 0.1) is 101 Å². The predicted octanol–water partition coefficient (Wildman–Crippen LogP) is -6.32. The molecule has 4 saturated carbocycles. The van der Waals surface area contributed by atoms with Crippen molar-refractivity contribution in [3.63, 3.8) is 0 Å². The lowest BCUT2D eigenvalue weighted by Crippen LogP contribution is -2.69. The molecule has 0 bridgehead atoms. The molecule has 140 heavy (non-hydrogen) atoms. The maximum atomic E-state index is 16.6. The molecule has 13 aliphatic rings. The summed E-state index contributed by atoms with van der Waals surface area (Å²) < 4.78 is 110. The molecule has 0 radical (unpaired) electrons. The first-order chi connectivity index (χ1) is 65.7. The van der Waals surface area contributed by atoms with Gasteiger partial charge in [-0.3, -0.25) is 14.4 Å². The summed E-state index contributed by atoms with van der Waals surface area (Å²) in [5, 5.41) is 270. The van der Waals surface area contributed by atoms with Gasteiger partial charge in [0.15, 0.2) is 62.3 Å². The van der Waals surface area contributed by atoms with E-state index in [0.29, 0.717) is 32.1 Å². The average molecular weight is 2020 g/mol. The Morgan fingerprint density at radius 3 is 1.64 bits per heavy atom. The van der Waals surface area contributed by atoms with Crippen LogP contribution in [-0.4, -0.2) is 450 Å². The second-order valence-electron chi connectivity index (χ2n) is 43.1. The fraction of sp³-hybridized carbons (Fsp3) is 0.925. The normalized spacial score (nSPS) is 48.8. The summed E-state index contributed by atoms with van der Waals surface area (Å²) in [5.41, 5.74) is -8.04. The fourth-order valence-corrected chi connectivity index (χ4v) is 24.3. The van der Waals surface area contributed by atoms with E-state index in [-0.39, 0.29) is 63.2 Å². The van der Waals surface area contributed by atoms with Gasteiger partial charge in [-0.15, -0.1) is 0 Å². The van der Waals surface area contributed by atoms with Crippen molar-refractivity contribution in [1.82, 2.24) is 0 Å². The quantitative estimate of drug-likeness (QED) is 0.00923. The number of hydrogen-bond donors (Lipinski definition) is 24. The van der Waals surface area contributed by atoms with Crippen LogP contribution in [0.3, 0.4) is 0 Å². The Kier molecular flexibility index (Phi) is 36.2. The second kappa shape index (κ2) is 44.9. The zero-order chi connectivity index (χ0) is 103. The Labute approximate surface area is 808 Å². The highest BCUT2D eigenvalue weighted by molar-refractivity contribution is 5.80. The topological polar surface area (TPSA) is 737 Å². The highest BCUT2D eigenvalue weighted by Crippen LogP contribution is 2.76. The predicted molar refractivity (Wildman–Crippen MR) is 464 cm³/mol. The van der Waals surface area contributed by atoms with Crippen LogP contribution in [0.25, 0.3) is 0 Å². The summed E-state index contributed by atoms with van der Waals surface area (Å²) in [4.78, 5) is 72.1. The number of carboxylic acid groups (broad SMARTS) is 1. The number of aldehydes is 1. The number of esters is 3. The zero-order valence-corrected chi connectivity index (χ0v) is 80.7. The van der Waals surface area contributed by atoms with Gasteiger partial charge >= 0.3 is 23.9 Å². The molecule has 17 unspecified atom stereocenters. The molecule has 0 aromatic rings. The van der Waals surface area contributed by atoms with Crippen LogP contribution in [-0.2, 0) is 109 Å². The van der Waals surface area contributed by atoms with Crippen molar-refractivity contribution >= 4 is 30.2 Å². The lowest BCUT2D eigenvalue weighted by Gasteiger charge is -2.71. The highest BCUT2D eigenvalue weighted by atomic mass is 16.8. The van der Waals surface area contributed by atoms with E-state index < -0.39 is 384 Å². The van der Waals surface area contributed by atoms with Crippen LogP contribution in [0.2, 0.25) is 0 Å². The van der Waals surface area contributed by atoms with Crippen LogP contribution < -0.4 is 0 Å². The number of fused-ring (bicyclic) bond motifs is 7. The lowest BCUT2D eigenvalue weighted by atomic mass is 9.33. The van der Waals surface area contributed by atoms with Gasteiger partial charge in [0, 0.05) is 12.8 Å². The van der Waals surface area contributed by atoms with E-state index in [1.165, 1.54) is 13.8 Å². The average Bonchev–Trinajstić information content (AvgIpc) is 0.743. The van der Waals surface area contributed by atoms with Crippen LogP contribution in [0, 0.1) is 62.1 Å². The molecule has 0 amide bonds. The number of rotatable bonds is 35. The summed E-state index contributed by atoms with van der Waals surface area (Å²) in [6.07, 6.45) is -73.2. The molecule has 8 aliphatic heterocycles. The van der Waals surface area contributed by atoms with Crippen LogP contribution in [0.4, 0.5) is 0 Å². The largest absolute Gasteiger partial charge is 0.479 e. The smallest absolute Gasteiger partial charge is 0.335 e. The Bertz CT molecular complexity index is 4160. The van der Waals surface area contributed by atoms with Crippen LogP contribution in [0.5, 0.6) is 0 Å². The third-order valence-corrected chi connectivity index (χ3v) is 33.6. The number of carboxylic acids is 1. The number of aliphatic hydroxyl groups excluding tert-OH is 22. The molecule has 12 fully saturated rings. The Morgan fingerprint density at radius 1 is 0.500 bits per heavy atom. The third-order valence-electron chi connectivity index (χ3n) is 33.6. The molecule has 804 valence electrons. The van der Waals surface area contributed by atoms with Gasteiger partial charge in [-0.25, -0.2) is 4.79 Å². The second-order valence-corrected chi connectivity index (χ2v) is 43.1. The number of carbonyl (C=O) groups is 5. The van der Waals surface area contributed by atoms with Gasteiger partial charge in [-0.1, -0.05) is 93.7 Å². The summed E-state index contributed by atoms with van der Waals surface area (Å²) in [5.74, 6) is -7.30. The molecule has 0 aromatic carbocycles. The standard InChI is InChI=1S/C93H150O47/c1-13-36(3)44(100)23-40(98)25-54(104)128-47(37(4)14-2)24-41(99)26-55(105)132-68-38(5)127-83(74(64(68)114)138-82-67(117)72(136-80-62(112)59(109)57(107)48(29-94)129-80)69(39(6)126-82)133-79-66(116)70(46(102)32-124-79)134-85-76(118)92(122,34-97)35-125-85)140-86(121)93-22-21-87(7,8)27-43(93)42-15-16-51-88(9)19-18-53(89(10,33-96)50(88)17-20-90(51,11)91(42,12)28-52(93)103)131-84-75(139-81-63(113)60(110)58(108)49(30-95)130-81)71(65(115)73(137-84)77(119)120)135-78-61(111)56(106)45(101)31-123-78/h15,33,36-41,43-53,56-76,78-85,94-95,97-103,106-118,122H,13-14,16-32,34-35H2,1-12H3,(H,119,120)/t36-,37-,38?,39?,40-,41-,43?,44-,45+,46?,47-,48?,49?,50?,51?,52+,53-,56-,57+,58-,59-,60-,61?,62?,63?,64?,65+,66-,67?,68+,69-,70-,71-,72+,73?,74+,75?,76+,78-,79?,80-,81-,82-,83-,84+,85-,88-,89-,90+,91+,92?,93+/m0/s1. The first-order valence-corrected chi connectivity index (χ1v) is 48.9. The maximum absolute atomic E-state index is 16.6. The lowest BCUT2D eigenvalue weighted by molar-refractivity contribution is -0.396. The van der Waals surface area contributed by atoms with E-state index in [1.54, 1.807) is 27.7 Å². The molecule has 8 saturated heterocycles. The maximum Gasteiger partial charge on any atom is 0.335 e. The number of aliphatic hydroxyl groups is 23. The van der Waals surface area contributed by atoms with Crippen molar-refractivity contribution in [2.45, 2.75) is 437 Å². The Morgan fingerprint density at radius 2 is 1.04 bits per heavy atom. The van der Waals surface area contributed by atoms with Gasteiger partial charge in [-0.05, 0) is 123 Å². The molecule has 52 atom stereocenters. The van der Waals surface area contributed by atoms with E-state index in [0.717, 1.165) is 11.9 Å². The molecule has 0 spiro atoms. The van der Waals surface area contributed by atoms with E-state index in [4.69, 9.17) is 85.3 Å². The molecule has 8 heterocycles. The van der Waals surface area contributed by atoms with Crippen LogP contribution in [0.1, 0.15) is 179 Å². The van der Waals surface area contributed by atoms with E-state index in [2.05, 4.69) is 19.9 Å². The zero-order valence-electron chi connectivity index (χ0n) is 80.7. The number of allylic oxidation sites excluding steroid dienone is 2. The van der Waals surface area contributed by atoms with Gasteiger partial charge in [-0.2, -0.15) is 0 Å². The van der Waals surface area contributed by atoms with Crippen molar-refractivity contribution in [2.24, 2.45) is 62.1 Å². The van der Waals surface area contributed by atoms with E-state index in [1.807, 2.05) is 27.7 Å². The minimum Gasteiger partial charge on any atom is -0.479 e. The first kappa shape index (κ1) is 113. The minimum absolute atomic E-state index is 0.0179. The van der Waals surface area contributed by atoms with Crippen molar-refractivity contribution in [1.29, 1.82) is 0 Å². The monoisotopic (exact) mass is 2020 g/mol. The van der Waals surface area contributed by atoms with Gasteiger partial charge < -0.3 is 213 Å².